The standard InChI is InChI=1S/C18H25N5O2/c1-19-16(24)9-18(25)6-4-8-23(13-18)12-15-11-22(2)21-17(15)14-5-3-7-20-10-14/h3,5,7,10-11,25H,4,6,8-9,12-13H2,1-2H3,(H,19,24). The largest absolute Gasteiger partial charge is 0.388 e. The quantitative estimate of drug-likeness (QED) is 0.844. The molecule has 0 bridgehead atoms. The lowest BCUT2D eigenvalue weighted by atomic mass is 9.89. The average Bonchev–Trinajstić information content (AvgIpc) is 2.95. The van der Waals surface area contributed by atoms with Crippen LogP contribution in [-0.4, -0.2) is 56.4 Å². The van der Waals surface area contributed by atoms with Crippen LogP contribution in [0.5, 0.6) is 0 Å². The van der Waals surface area contributed by atoms with Crippen LogP contribution in [0.15, 0.2) is 30.7 Å². The number of hydrogen-bond donors (Lipinski definition) is 2. The minimum atomic E-state index is -0.963. The lowest BCUT2D eigenvalue weighted by Crippen LogP contribution is -2.49. The summed E-state index contributed by atoms with van der Waals surface area (Å²) in [6.45, 7) is 2.08. The van der Waals surface area contributed by atoms with Crippen LogP contribution in [0.2, 0.25) is 0 Å². The second-order valence-corrected chi connectivity index (χ2v) is 6.81. The number of nitrogens with zero attached hydrogens (tertiary/aromatic N) is 4. The van der Waals surface area contributed by atoms with Crippen molar-refractivity contribution in [2.75, 3.05) is 20.1 Å². The van der Waals surface area contributed by atoms with Gasteiger partial charge in [0, 0.05) is 56.9 Å². The number of nitrogens with one attached hydrogen (secondary N) is 1. The van der Waals surface area contributed by atoms with Crippen LogP contribution in [0.1, 0.15) is 24.8 Å². The molecule has 1 amide bonds. The molecule has 2 N–H and O–H groups in total. The second-order valence-electron chi connectivity index (χ2n) is 6.81. The van der Waals surface area contributed by atoms with E-state index in [1.54, 1.807) is 17.9 Å². The highest BCUT2D eigenvalue weighted by Gasteiger charge is 2.35. The lowest BCUT2D eigenvalue weighted by Gasteiger charge is -2.38. The zero-order chi connectivity index (χ0) is 17.9. The number of rotatable bonds is 5. The summed E-state index contributed by atoms with van der Waals surface area (Å²) in [6.07, 6.45) is 7.23. The van der Waals surface area contributed by atoms with Gasteiger partial charge < -0.3 is 10.4 Å². The molecule has 1 aliphatic heterocycles. The number of carbonyl (C=O) groups excluding carboxylic acids is 1. The molecule has 25 heavy (non-hydrogen) atoms. The minimum absolute atomic E-state index is 0.123. The lowest BCUT2D eigenvalue weighted by molar-refractivity contribution is -0.128. The molecule has 1 unspecified atom stereocenters. The first kappa shape index (κ1) is 17.6. The number of amides is 1. The number of carbonyl (C=O) groups is 1. The predicted octanol–water partition coefficient (Wildman–Crippen LogP) is 0.945. The maximum atomic E-state index is 11.7. The first-order valence-electron chi connectivity index (χ1n) is 8.57. The Balaban J connectivity index is 1.75. The molecule has 2 aromatic heterocycles. The number of piperidine rings is 1. The van der Waals surface area contributed by atoms with Gasteiger partial charge in [0.2, 0.25) is 5.91 Å². The van der Waals surface area contributed by atoms with Crippen molar-refractivity contribution < 1.29 is 9.90 Å². The first-order chi connectivity index (χ1) is 12.0. The molecule has 1 aliphatic rings. The molecule has 0 saturated carbocycles. The fraction of sp³-hybridized carbons (Fsp3) is 0.500. The third kappa shape index (κ3) is 4.24. The summed E-state index contributed by atoms with van der Waals surface area (Å²) in [5, 5.41) is 17.9. The van der Waals surface area contributed by atoms with Crippen molar-refractivity contribution in [3.63, 3.8) is 0 Å². The molecule has 1 atom stereocenters. The van der Waals surface area contributed by atoms with Gasteiger partial charge >= 0.3 is 0 Å². The van der Waals surface area contributed by atoms with Crippen LogP contribution in [0.3, 0.4) is 0 Å². The maximum absolute atomic E-state index is 11.7. The fourth-order valence-electron chi connectivity index (χ4n) is 3.51. The zero-order valence-electron chi connectivity index (χ0n) is 14.8. The van der Waals surface area contributed by atoms with Gasteiger partial charge in [-0.3, -0.25) is 19.4 Å². The Hall–Kier alpha value is -2.25. The number of pyridine rings is 1. The second kappa shape index (κ2) is 7.33. The number of aliphatic hydroxyl groups is 1. The van der Waals surface area contributed by atoms with E-state index in [1.807, 2.05) is 31.6 Å². The van der Waals surface area contributed by atoms with Crippen molar-refractivity contribution in [3.05, 3.63) is 36.3 Å². The molecule has 7 heteroatoms. The summed E-state index contributed by atoms with van der Waals surface area (Å²) in [5.41, 5.74) is 2.03. The Kier molecular flexibility index (Phi) is 5.15. The van der Waals surface area contributed by atoms with E-state index in [-0.39, 0.29) is 12.3 Å². The van der Waals surface area contributed by atoms with Gasteiger partial charge in [-0.2, -0.15) is 5.10 Å². The Morgan fingerprint density at radius 1 is 1.48 bits per heavy atom. The Morgan fingerprint density at radius 2 is 2.32 bits per heavy atom. The normalized spacial score (nSPS) is 21.2. The fourth-order valence-corrected chi connectivity index (χ4v) is 3.51. The van der Waals surface area contributed by atoms with Gasteiger partial charge in [-0.25, -0.2) is 0 Å². The molecular formula is C18H25N5O2. The molecule has 7 nitrogen and oxygen atoms in total. The maximum Gasteiger partial charge on any atom is 0.222 e. The van der Waals surface area contributed by atoms with Gasteiger partial charge in [-0.15, -0.1) is 0 Å². The summed E-state index contributed by atoms with van der Waals surface area (Å²) >= 11 is 0. The number of aromatic nitrogens is 3. The van der Waals surface area contributed by atoms with Gasteiger partial charge in [0.05, 0.1) is 17.7 Å². The van der Waals surface area contributed by atoms with Crippen LogP contribution in [0, 0.1) is 0 Å². The van der Waals surface area contributed by atoms with Crippen LogP contribution >= 0.6 is 0 Å². The van der Waals surface area contributed by atoms with Gasteiger partial charge in [-0.1, -0.05) is 0 Å². The number of β-amino-alcohol motifs (C(OH)–C–C–N with tert-alkyl or cyclic N) is 1. The molecule has 3 heterocycles. The molecule has 0 radical (unpaired) electrons. The van der Waals surface area contributed by atoms with Crippen LogP contribution in [0.25, 0.3) is 11.3 Å². The highest BCUT2D eigenvalue weighted by molar-refractivity contribution is 5.76. The van der Waals surface area contributed by atoms with E-state index in [4.69, 9.17) is 0 Å². The summed E-state index contributed by atoms with van der Waals surface area (Å²) in [5.74, 6) is -0.123. The summed E-state index contributed by atoms with van der Waals surface area (Å²) in [4.78, 5) is 18.1. The van der Waals surface area contributed by atoms with E-state index in [2.05, 4.69) is 20.3 Å². The highest BCUT2D eigenvalue weighted by atomic mass is 16.3. The van der Waals surface area contributed by atoms with E-state index < -0.39 is 5.60 Å². The van der Waals surface area contributed by atoms with Crippen molar-refractivity contribution in [2.24, 2.45) is 7.05 Å². The summed E-state index contributed by atoms with van der Waals surface area (Å²) in [6, 6.07) is 3.90. The predicted molar refractivity (Wildman–Crippen MR) is 94.6 cm³/mol. The molecule has 3 rings (SSSR count). The van der Waals surface area contributed by atoms with Gasteiger partial charge in [-0.05, 0) is 31.5 Å². The van der Waals surface area contributed by atoms with Crippen molar-refractivity contribution in [2.45, 2.75) is 31.4 Å². The van der Waals surface area contributed by atoms with Crippen molar-refractivity contribution in [3.8, 4) is 11.3 Å². The van der Waals surface area contributed by atoms with Gasteiger partial charge in [0.15, 0.2) is 0 Å². The van der Waals surface area contributed by atoms with Gasteiger partial charge in [0.1, 0.15) is 0 Å². The Morgan fingerprint density at radius 3 is 3.04 bits per heavy atom. The SMILES string of the molecule is CNC(=O)CC1(O)CCCN(Cc2cn(C)nc2-c2cccnc2)C1. The summed E-state index contributed by atoms with van der Waals surface area (Å²) < 4.78 is 1.80. The van der Waals surface area contributed by atoms with Crippen LogP contribution in [-0.2, 0) is 18.4 Å². The van der Waals surface area contributed by atoms with E-state index in [0.29, 0.717) is 19.5 Å². The van der Waals surface area contributed by atoms with E-state index in [9.17, 15) is 9.90 Å². The average molecular weight is 343 g/mol. The third-order valence-corrected chi connectivity index (χ3v) is 4.64. The summed E-state index contributed by atoms with van der Waals surface area (Å²) in [7, 11) is 3.50. The van der Waals surface area contributed by atoms with Crippen LogP contribution in [0.4, 0.5) is 0 Å². The third-order valence-electron chi connectivity index (χ3n) is 4.64. The Labute approximate surface area is 147 Å². The van der Waals surface area contributed by atoms with E-state index in [0.717, 1.165) is 29.8 Å². The van der Waals surface area contributed by atoms with Gasteiger partial charge in [0.25, 0.3) is 0 Å². The minimum Gasteiger partial charge on any atom is -0.388 e. The first-order valence-corrected chi connectivity index (χ1v) is 8.57. The zero-order valence-corrected chi connectivity index (χ0v) is 14.8. The number of aryl methyl sites for hydroxylation is 1. The highest BCUT2D eigenvalue weighted by Crippen LogP contribution is 2.28. The van der Waals surface area contributed by atoms with Crippen molar-refractivity contribution in [1.29, 1.82) is 0 Å². The number of likely N-dealkylation sites (tertiary alicyclic amines) is 1. The van der Waals surface area contributed by atoms with Crippen molar-refractivity contribution >= 4 is 5.91 Å². The van der Waals surface area contributed by atoms with E-state index >= 15 is 0 Å². The number of hydrogen-bond acceptors (Lipinski definition) is 5. The molecule has 0 aromatic carbocycles. The molecule has 0 aliphatic carbocycles. The van der Waals surface area contributed by atoms with Crippen molar-refractivity contribution in [1.82, 2.24) is 25.0 Å². The molecular weight excluding hydrogens is 318 g/mol. The molecule has 1 saturated heterocycles. The monoisotopic (exact) mass is 343 g/mol. The molecule has 2 aromatic rings. The molecule has 0 spiro atoms. The Bertz CT molecular complexity index is 730. The molecule has 134 valence electrons. The smallest absolute Gasteiger partial charge is 0.222 e. The van der Waals surface area contributed by atoms with E-state index in [1.165, 1.54) is 0 Å². The topological polar surface area (TPSA) is 83.3 Å². The molecule has 1 fully saturated rings. The van der Waals surface area contributed by atoms with Crippen LogP contribution < -0.4 is 5.32 Å².